The molecule has 0 aliphatic carbocycles. The van der Waals surface area contributed by atoms with Crippen molar-refractivity contribution in [3.63, 3.8) is 0 Å². The Morgan fingerprint density at radius 1 is 1.05 bits per heavy atom. The summed E-state index contributed by atoms with van der Waals surface area (Å²) in [6.07, 6.45) is 0. The summed E-state index contributed by atoms with van der Waals surface area (Å²) in [5, 5.41) is 9.34. The predicted octanol–water partition coefficient (Wildman–Crippen LogP) is 4.17. The molecule has 0 amide bonds. The molecule has 1 atom stereocenters. The third-order valence-corrected chi connectivity index (χ3v) is 3.86. The van der Waals surface area contributed by atoms with Gasteiger partial charge in [0.15, 0.2) is 5.96 Å². The minimum absolute atomic E-state index is 0. The molecule has 120 valence electrons. The molecule has 0 saturated heterocycles. The number of guanidine groups is 1. The first-order chi connectivity index (χ1) is 10.1. The van der Waals surface area contributed by atoms with E-state index in [0.717, 1.165) is 12.5 Å². The first-order valence-electron chi connectivity index (χ1n) is 7.55. The van der Waals surface area contributed by atoms with E-state index in [9.17, 15) is 0 Å². The number of fused-ring (bicyclic) bond motifs is 1. The van der Waals surface area contributed by atoms with Gasteiger partial charge in [-0.1, -0.05) is 50.2 Å². The standard InChI is InChI=1S/C18H25N3.HI/c1-13(2)14(3)21-18(19-4)20-12-15-9-10-16-7-5-6-8-17(16)11-15;/h5-11,13-14H,12H2,1-4H3,(H2,19,20,21);1H. The topological polar surface area (TPSA) is 36.4 Å². The summed E-state index contributed by atoms with van der Waals surface area (Å²) in [4.78, 5) is 4.28. The Morgan fingerprint density at radius 2 is 1.73 bits per heavy atom. The highest BCUT2D eigenvalue weighted by molar-refractivity contribution is 14.0. The van der Waals surface area contributed by atoms with Crippen molar-refractivity contribution in [3.05, 3.63) is 48.0 Å². The van der Waals surface area contributed by atoms with E-state index in [1.165, 1.54) is 16.3 Å². The largest absolute Gasteiger partial charge is 0.354 e. The van der Waals surface area contributed by atoms with Crippen LogP contribution in [0.2, 0.25) is 0 Å². The molecule has 1 unspecified atom stereocenters. The van der Waals surface area contributed by atoms with Crippen LogP contribution in [0.15, 0.2) is 47.5 Å². The molecule has 0 radical (unpaired) electrons. The van der Waals surface area contributed by atoms with E-state index in [1.807, 2.05) is 7.05 Å². The van der Waals surface area contributed by atoms with Gasteiger partial charge in [0.05, 0.1) is 0 Å². The van der Waals surface area contributed by atoms with Crippen LogP contribution in [0, 0.1) is 5.92 Å². The fourth-order valence-electron chi connectivity index (χ4n) is 2.11. The Bertz CT molecular complexity index is 623. The van der Waals surface area contributed by atoms with Gasteiger partial charge in [0.25, 0.3) is 0 Å². The van der Waals surface area contributed by atoms with E-state index in [2.05, 4.69) is 78.9 Å². The summed E-state index contributed by atoms with van der Waals surface area (Å²) in [6, 6.07) is 15.4. The number of nitrogens with zero attached hydrogens (tertiary/aromatic N) is 1. The number of benzene rings is 2. The van der Waals surface area contributed by atoms with E-state index in [1.54, 1.807) is 0 Å². The van der Waals surface area contributed by atoms with Crippen LogP contribution in [-0.2, 0) is 6.54 Å². The van der Waals surface area contributed by atoms with Gasteiger partial charge in [-0.25, -0.2) is 0 Å². The van der Waals surface area contributed by atoms with Crippen molar-refractivity contribution in [2.75, 3.05) is 7.05 Å². The van der Waals surface area contributed by atoms with Crippen LogP contribution in [0.5, 0.6) is 0 Å². The Labute approximate surface area is 150 Å². The van der Waals surface area contributed by atoms with Crippen molar-refractivity contribution in [1.29, 1.82) is 0 Å². The van der Waals surface area contributed by atoms with E-state index in [0.29, 0.717) is 12.0 Å². The fraction of sp³-hybridized carbons (Fsp3) is 0.389. The van der Waals surface area contributed by atoms with E-state index in [-0.39, 0.29) is 24.0 Å². The molecule has 3 nitrogen and oxygen atoms in total. The number of hydrogen-bond acceptors (Lipinski definition) is 1. The number of rotatable bonds is 4. The molecule has 2 aromatic rings. The van der Waals surface area contributed by atoms with Crippen LogP contribution in [0.25, 0.3) is 10.8 Å². The van der Waals surface area contributed by atoms with Gasteiger partial charge in [0.2, 0.25) is 0 Å². The smallest absolute Gasteiger partial charge is 0.191 e. The first kappa shape index (κ1) is 18.7. The molecule has 0 heterocycles. The molecule has 0 aliphatic heterocycles. The summed E-state index contributed by atoms with van der Waals surface area (Å²) in [5.74, 6) is 1.42. The second kappa shape index (κ2) is 8.98. The van der Waals surface area contributed by atoms with Gasteiger partial charge in [-0.05, 0) is 35.2 Å². The number of nitrogens with one attached hydrogen (secondary N) is 2. The van der Waals surface area contributed by atoms with E-state index in [4.69, 9.17) is 0 Å². The summed E-state index contributed by atoms with van der Waals surface area (Å²) in [7, 11) is 1.81. The molecule has 2 aromatic carbocycles. The molecule has 2 rings (SSSR count). The van der Waals surface area contributed by atoms with Gasteiger partial charge >= 0.3 is 0 Å². The lowest BCUT2D eigenvalue weighted by Gasteiger charge is -2.20. The second-order valence-corrected chi connectivity index (χ2v) is 5.78. The van der Waals surface area contributed by atoms with Crippen molar-refractivity contribution in [3.8, 4) is 0 Å². The SMILES string of the molecule is CN=C(NCc1ccc2ccccc2c1)NC(C)C(C)C.I. The summed E-state index contributed by atoms with van der Waals surface area (Å²) < 4.78 is 0. The van der Waals surface area contributed by atoms with Gasteiger partial charge in [0, 0.05) is 19.6 Å². The Morgan fingerprint density at radius 3 is 2.36 bits per heavy atom. The lowest BCUT2D eigenvalue weighted by atomic mass is 10.1. The van der Waals surface area contributed by atoms with Crippen LogP contribution in [0.1, 0.15) is 26.3 Å². The zero-order valence-electron chi connectivity index (χ0n) is 13.8. The molecule has 2 N–H and O–H groups in total. The first-order valence-corrected chi connectivity index (χ1v) is 7.55. The van der Waals surface area contributed by atoms with Crippen LogP contribution in [0.4, 0.5) is 0 Å². The predicted molar refractivity (Wildman–Crippen MR) is 107 cm³/mol. The molecule has 0 spiro atoms. The monoisotopic (exact) mass is 411 g/mol. The molecule has 0 aromatic heterocycles. The highest BCUT2D eigenvalue weighted by Gasteiger charge is 2.08. The molecular weight excluding hydrogens is 385 g/mol. The second-order valence-electron chi connectivity index (χ2n) is 5.78. The van der Waals surface area contributed by atoms with E-state index < -0.39 is 0 Å². The molecule has 22 heavy (non-hydrogen) atoms. The lowest BCUT2D eigenvalue weighted by Crippen LogP contribution is -2.43. The van der Waals surface area contributed by atoms with Gasteiger partial charge in [-0.2, -0.15) is 0 Å². The van der Waals surface area contributed by atoms with Crippen molar-refractivity contribution in [2.45, 2.75) is 33.4 Å². The van der Waals surface area contributed by atoms with Crippen molar-refractivity contribution >= 4 is 40.7 Å². The van der Waals surface area contributed by atoms with Crippen molar-refractivity contribution in [2.24, 2.45) is 10.9 Å². The molecule has 0 saturated carbocycles. The Hall–Kier alpha value is -1.30. The van der Waals surface area contributed by atoms with Gasteiger partial charge in [0.1, 0.15) is 0 Å². The van der Waals surface area contributed by atoms with Crippen molar-refractivity contribution in [1.82, 2.24) is 10.6 Å². The Balaban J connectivity index is 0.00000242. The fourth-order valence-corrected chi connectivity index (χ4v) is 2.11. The van der Waals surface area contributed by atoms with Crippen LogP contribution in [0.3, 0.4) is 0 Å². The average molecular weight is 411 g/mol. The Kier molecular flexibility index (Phi) is 7.65. The highest BCUT2D eigenvalue weighted by Crippen LogP contribution is 2.15. The minimum atomic E-state index is 0. The van der Waals surface area contributed by atoms with Crippen LogP contribution >= 0.6 is 24.0 Å². The van der Waals surface area contributed by atoms with Gasteiger partial charge < -0.3 is 10.6 Å². The van der Waals surface area contributed by atoms with Crippen LogP contribution < -0.4 is 10.6 Å². The number of halogens is 1. The third kappa shape index (κ3) is 5.16. The normalized spacial score (nSPS) is 12.9. The number of aliphatic imine (C=N–C) groups is 1. The van der Waals surface area contributed by atoms with Gasteiger partial charge in [-0.15, -0.1) is 24.0 Å². The maximum absolute atomic E-state index is 4.28. The maximum atomic E-state index is 4.28. The van der Waals surface area contributed by atoms with Crippen molar-refractivity contribution < 1.29 is 0 Å². The minimum Gasteiger partial charge on any atom is -0.354 e. The maximum Gasteiger partial charge on any atom is 0.191 e. The molecule has 0 fully saturated rings. The third-order valence-electron chi connectivity index (χ3n) is 3.86. The summed E-state index contributed by atoms with van der Waals surface area (Å²) >= 11 is 0. The highest BCUT2D eigenvalue weighted by atomic mass is 127. The summed E-state index contributed by atoms with van der Waals surface area (Å²) in [5.41, 5.74) is 1.26. The molecule has 0 aliphatic rings. The molecular formula is C18H26IN3. The lowest BCUT2D eigenvalue weighted by molar-refractivity contribution is 0.481. The number of hydrogen-bond donors (Lipinski definition) is 2. The summed E-state index contributed by atoms with van der Waals surface area (Å²) in [6.45, 7) is 7.35. The average Bonchev–Trinajstić information content (AvgIpc) is 2.50. The van der Waals surface area contributed by atoms with Crippen LogP contribution in [-0.4, -0.2) is 19.0 Å². The van der Waals surface area contributed by atoms with E-state index >= 15 is 0 Å². The zero-order chi connectivity index (χ0) is 15.2. The molecule has 0 bridgehead atoms. The van der Waals surface area contributed by atoms with Gasteiger partial charge in [-0.3, -0.25) is 4.99 Å². The zero-order valence-corrected chi connectivity index (χ0v) is 16.1. The quantitative estimate of drug-likeness (QED) is 0.450. The molecule has 4 heteroatoms.